The average Bonchev–Trinajstić information content (AvgIpc) is 3.53. The average molecular weight is 604 g/mol. The Balaban J connectivity index is 1.22. The second-order valence-corrected chi connectivity index (χ2v) is 11.4. The highest BCUT2D eigenvalue weighted by molar-refractivity contribution is 6.30. The van der Waals surface area contributed by atoms with E-state index in [-0.39, 0.29) is 23.7 Å². The number of benzene rings is 4. The van der Waals surface area contributed by atoms with E-state index in [9.17, 15) is 14.3 Å². The molecule has 1 aromatic heterocycles. The van der Waals surface area contributed by atoms with Crippen molar-refractivity contribution in [3.05, 3.63) is 117 Å². The van der Waals surface area contributed by atoms with Crippen molar-refractivity contribution in [3.63, 3.8) is 0 Å². The van der Waals surface area contributed by atoms with Gasteiger partial charge in [-0.05, 0) is 77.2 Å². The predicted octanol–water partition coefficient (Wildman–Crippen LogP) is 7.37. The minimum Gasteiger partial charge on any atom is -0.478 e. The standard InChI is InChI=1S/C33H25ClF3N3O3/c34-21-5-7-30(28(37)13-21)39-15-19-2-1-3-23(25(19)17-39)20-10-26(35)24(27(36)11-20)14-32-38-29-6-4-18(33(41)42)12-31(29)40(32)16-22-8-9-43-22/h1-7,10-13,22H,8-9,14-17H2,(H,41,42)/t22-/m0/s1. The number of halogens is 4. The van der Waals surface area contributed by atoms with Crippen LogP contribution in [0.4, 0.5) is 18.9 Å². The number of carboxylic acids is 1. The second kappa shape index (κ2) is 10.7. The van der Waals surface area contributed by atoms with E-state index >= 15 is 8.78 Å². The molecule has 3 heterocycles. The van der Waals surface area contributed by atoms with Gasteiger partial charge in [-0.3, -0.25) is 0 Å². The van der Waals surface area contributed by atoms with Gasteiger partial charge in [-0.2, -0.15) is 0 Å². The molecule has 6 nitrogen and oxygen atoms in total. The van der Waals surface area contributed by atoms with Gasteiger partial charge >= 0.3 is 5.97 Å². The molecule has 218 valence electrons. The van der Waals surface area contributed by atoms with Gasteiger partial charge in [-0.1, -0.05) is 29.8 Å². The molecule has 5 aromatic rings. The molecule has 4 aromatic carbocycles. The van der Waals surface area contributed by atoms with Crippen LogP contribution in [-0.4, -0.2) is 33.3 Å². The maximum absolute atomic E-state index is 15.7. The molecule has 0 amide bonds. The van der Waals surface area contributed by atoms with E-state index < -0.39 is 23.4 Å². The molecular weight excluding hydrogens is 579 g/mol. The smallest absolute Gasteiger partial charge is 0.335 e. The first-order valence-electron chi connectivity index (χ1n) is 13.9. The number of hydrogen-bond acceptors (Lipinski definition) is 4. The lowest BCUT2D eigenvalue weighted by atomic mass is 9.95. The quantitative estimate of drug-likeness (QED) is 0.210. The van der Waals surface area contributed by atoms with Gasteiger partial charge in [0.25, 0.3) is 0 Å². The Morgan fingerprint density at radius 3 is 2.49 bits per heavy atom. The highest BCUT2D eigenvalue weighted by Crippen LogP contribution is 2.38. The molecule has 0 bridgehead atoms. The monoisotopic (exact) mass is 603 g/mol. The van der Waals surface area contributed by atoms with Gasteiger partial charge in [0, 0.05) is 36.7 Å². The van der Waals surface area contributed by atoms with Crippen LogP contribution < -0.4 is 4.90 Å². The SMILES string of the molecule is O=C(O)c1ccc2nc(Cc3c(F)cc(-c4cccc5c4CN(c4ccc(Cl)cc4F)C5)cc3F)n(C[C@@H]3CCO3)c2c1. The largest absolute Gasteiger partial charge is 0.478 e. The number of aromatic carboxylic acids is 1. The molecule has 0 spiro atoms. The zero-order valence-corrected chi connectivity index (χ0v) is 23.5. The molecule has 1 atom stereocenters. The van der Waals surface area contributed by atoms with Crippen molar-refractivity contribution >= 4 is 34.3 Å². The molecule has 2 aliphatic rings. The van der Waals surface area contributed by atoms with Crippen LogP contribution in [0.15, 0.2) is 66.7 Å². The molecule has 1 fully saturated rings. The van der Waals surface area contributed by atoms with E-state index in [2.05, 4.69) is 4.98 Å². The van der Waals surface area contributed by atoms with Gasteiger partial charge in [-0.25, -0.2) is 22.9 Å². The van der Waals surface area contributed by atoms with Crippen LogP contribution in [0.5, 0.6) is 0 Å². The number of carbonyl (C=O) groups is 1. The number of nitrogens with zero attached hydrogens (tertiary/aromatic N) is 3. The maximum Gasteiger partial charge on any atom is 0.335 e. The van der Waals surface area contributed by atoms with Crippen molar-refractivity contribution in [2.24, 2.45) is 0 Å². The highest BCUT2D eigenvalue weighted by atomic mass is 35.5. The number of hydrogen-bond donors (Lipinski definition) is 1. The fourth-order valence-corrected chi connectivity index (χ4v) is 6.12. The molecule has 0 saturated carbocycles. The molecule has 1 saturated heterocycles. The van der Waals surface area contributed by atoms with Crippen molar-refractivity contribution in [2.75, 3.05) is 11.5 Å². The Morgan fingerprint density at radius 1 is 1.00 bits per heavy atom. The first kappa shape index (κ1) is 27.5. The van der Waals surface area contributed by atoms with E-state index in [1.54, 1.807) is 22.8 Å². The summed E-state index contributed by atoms with van der Waals surface area (Å²) in [4.78, 5) is 18.1. The van der Waals surface area contributed by atoms with Crippen LogP contribution in [0, 0.1) is 17.5 Å². The van der Waals surface area contributed by atoms with Gasteiger partial charge in [-0.15, -0.1) is 0 Å². The molecule has 0 radical (unpaired) electrons. The molecular formula is C33H25ClF3N3O3. The molecule has 43 heavy (non-hydrogen) atoms. The zero-order valence-electron chi connectivity index (χ0n) is 22.8. The van der Waals surface area contributed by atoms with Gasteiger partial charge in [0.05, 0.1) is 34.9 Å². The van der Waals surface area contributed by atoms with Gasteiger partial charge in [0.1, 0.15) is 23.3 Å². The molecule has 7 rings (SSSR count). The summed E-state index contributed by atoms with van der Waals surface area (Å²) in [6.45, 7) is 1.86. The van der Waals surface area contributed by atoms with Crippen LogP contribution in [0.2, 0.25) is 5.02 Å². The minimum absolute atomic E-state index is 0.0807. The number of fused-ring (bicyclic) bond motifs is 2. The Hall–Kier alpha value is -4.34. The first-order chi connectivity index (χ1) is 20.7. The summed E-state index contributed by atoms with van der Waals surface area (Å²) in [7, 11) is 0. The first-order valence-corrected chi connectivity index (χ1v) is 14.3. The molecule has 0 unspecified atom stereocenters. The second-order valence-electron chi connectivity index (χ2n) is 10.9. The summed E-state index contributed by atoms with van der Waals surface area (Å²) in [5.41, 5.74) is 4.37. The van der Waals surface area contributed by atoms with Crippen molar-refractivity contribution in [1.82, 2.24) is 9.55 Å². The number of ether oxygens (including phenoxy) is 1. The number of anilines is 1. The fourth-order valence-electron chi connectivity index (χ4n) is 5.96. The summed E-state index contributed by atoms with van der Waals surface area (Å²) in [6.07, 6.45) is 0.625. The van der Waals surface area contributed by atoms with E-state index in [0.717, 1.165) is 17.5 Å². The highest BCUT2D eigenvalue weighted by Gasteiger charge is 2.27. The number of imidazole rings is 1. The topological polar surface area (TPSA) is 67.6 Å². The number of carboxylic acid groups (broad SMARTS) is 1. The Labute approximate surface area is 249 Å². The van der Waals surface area contributed by atoms with Crippen molar-refractivity contribution in [2.45, 2.75) is 38.6 Å². The normalized spacial score (nSPS) is 16.0. The van der Waals surface area contributed by atoms with E-state index in [0.29, 0.717) is 64.9 Å². The third kappa shape index (κ3) is 5.02. The van der Waals surface area contributed by atoms with Crippen LogP contribution >= 0.6 is 11.6 Å². The summed E-state index contributed by atoms with van der Waals surface area (Å²) >= 11 is 5.93. The van der Waals surface area contributed by atoms with Gasteiger partial charge in [0.2, 0.25) is 0 Å². The van der Waals surface area contributed by atoms with Crippen molar-refractivity contribution in [1.29, 1.82) is 0 Å². The summed E-state index contributed by atoms with van der Waals surface area (Å²) in [5.74, 6) is -2.51. The number of rotatable bonds is 7. The fraction of sp³-hybridized carbons (Fsp3) is 0.212. The molecule has 0 aliphatic carbocycles. The minimum atomic E-state index is -1.07. The summed E-state index contributed by atoms with van der Waals surface area (Å²) < 4.78 is 53.5. The zero-order chi connectivity index (χ0) is 29.8. The Morgan fingerprint density at radius 2 is 1.79 bits per heavy atom. The van der Waals surface area contributed by atoms with Gasteiger partial charge < -0.3 is 19.3 Å². The third-order valence-electron chi connectivity index (χ3n) is 8.27. The van der Waals surface area contributed by atoms with E-state index in [1.807, 2.05) is 23.1 Å². The Bertz CT molecular complexity index is 1900. The lowest BCUT2D eigenvalue weighted by molar-refractivity contribution is -0.0589. The lowest BCUT2D eigenvalue weighted by Crippen LogP contribution is -2.31. The molecule has 1 N–H and O–H groups in total. The van der Waals surface area contributed by atoms with Gasteiger partial charge in [0.15, 0.2) is 0 Å². The van der Waals surface area contributed by atoms with Crippen molar-refractivity contribution < 1.29 is 27.8 Å². The summed E-state index contributed by atoms with van der Waals surface area (Å²) in [6, 6.07) is 17.3. The van der Waals surface area contributed by atoms with E-state index in [1.165, 1.54) is 30.3 Å². The van der Waals surface area contributed by atoms with Crippen LogP contribution in [0.25, 0.3) is 22.2 Å². The molecule has 2 aliphatic heterocycles. The van der Waals surface area contributed by atoms with Crippen LogP contribution in [0.1, 0.15) is 39.3 Å². The lowest BCUT2D eigenvalue weighted by Gasteiger charge is -2.27. The predicted molar refractivity (Wildman–Crippen MR) is 157 cm³/mol. The van der Waals surface area contributed by atoms with Crippen LogP contribution in [-0.2, 0) is 30.8 Å². The Kier molecular flexibility index (Phi) is 6.86. The molecule has 10 heteroatoms. The van der Waals surface area contributed by atoms with Crippen molar-refractivity contribution in [3.8, 4) is 11.1 Å². The van der Waals surface area contributed by atoms with E-state index in [4.69, 9.17) is 16.3 Å². The van der Waals surface area contributed by atoms with Crippen LogP contribution in [0.3, 0.4) is 0 Å². The number of aromatic nitrogens is 2. The maximum atomic E-state index is 15.7. The summed E-state index contributed by atoms with van der Waals surface area (Å²) in [5, 5.41) is 9.79. The third-order valence-corrected chi connectivity index (χ3v) is 8.51.